The number of anilines is 1. The molecule has 1 heterocycles. The van der Waals surface area contributed by atoms with E-state index in [1.807, 2.05) is 0 Å². The summed E-state index contributed by atoms with van der Waals surface area (Å²) in [4.78, 5) is 12.8. The lowest BCUT2D eigenvalue weighted by Gasteiger charge is -2.15. The number of rotatable bonds is 7. The van der Waals surface area contributed by atoms with Gasteiger partial charge in [-0.3, -0.25) is 4.79 Å². The Kier molecular flexibility index (Phi) is 6.51. The smallest absolute Gasteiger partial charge is 0.243 e. The summed E-state index contributed by atoms with van der Waals surface area (Å²) in [6, 6.07) is 12.6. The average Bonchev–Trinajstić information content (AvgIpc) is 3.19. The molecule has 5 nitrogen and oxygen atoms in total. The number of halogens is 1. The van der Waals surface area contributed by atoms with Gasteiger partial charge in [-0.1, -0.05) is 12.1 Å². The first-order valence-corrected chi connectivity index (χ1v) is 11.2. The van der Waals surface area contributed by atoms with Gasteiger partial charge in [-0.15, -0.1) is 11.8 Å². The minimum Gasteiger partial charge on any atom is -0.326 e. The molecule has 1 fully saturated rings. The van der Waals surface area contributed by atoms with Crippen molar-refractivity contribution in [3.8, 4) is 0 Å². The summed E-state index contributed by atoms with van der Waals surface area (Å²) in [7, 11) is -3.45. The van der Waals surface area contributed by atoms with E-state index in [9.17, 15) is 17.6 Å². The van der Waals surface area contributed by atoms with Gasteiger partial charge in [-0.05, 0) is 49.2 Å². The number of sulfonamides is 1. The van der Waals surface area contributed by atoms with E-state index in [0.29, 0.717) is 29.4 Å². The van der Waals surface area contributed by atoms with Crippen molar-refractivity contribution in [2.75, 3.05) is 24.2 Å². The lowest BCUT2D eigenvalue weighted by atomic mass is 10.3. The molecule has 2 aromatic carbocycles. The fourth-order valence-corrected chi connectivity index (χ4v) is 5.23. The van der Waals surface area contributed by atoms with E-state index in [2.05, 4.69) is 5.32 Å². The Hall–Kier alpha value is -1.90. The van der Waals surface area contributed by atoms with Crippen LogP contribution in [0.2, 0.25) is 0 Å². The predicted molar refractivity (Wildman–Crippen MR) is 105 cm³/mol. The molecule has 1 N–H and O–H groups in total. The van der Waals surface area contributed by atoms with Gasteiger partial charge in [0.05, 0.1) is 4.90 Å². The van der Waals surface area contributed by atoms with E-state index in [1.165, 1.54) is 34.3 Å². The highest BCUT2D eigenvalue weighted by atomic mass is 32.2. The third-order valence-corrected chi connectivity index (χ3v) is 7.23. The van der Waals surface area contributed by atoms with Crippen LogP contribution in [0.3, 0.4) is 0 Å². The summed E-state index contributed by atoms with van der Waals surface area (Å²) in [5.74, 6) is -0.0412. The molecule has 0 spiro atoms. The minimum atomic E-state index is -3.45. The molecule has 1 amide bonds. The Morgan fingerprint density at radius 1 is 1.07 bits per heavy atom. The second kappa shape index (κ2) is 8.86. The number of hydrogen-bond acceptors (Lipinski definition) is 4. The van der Waals surface area contributed by atoms with Crippen LogP contribution >= 0.6 is 11.8 Å². The summed E-state index contributed by atoms with van der Waals surface area (Å²) in [6.45, 7) is 1.11. The maximum atomic E-state index is 13.5. The molecular weight excluding hydrogens is 387 g/mol. The number of hydrogen-bond donors (Lipinski definition) is 1. The summed E-state index contributed by atoms with van der Waals surface area (Å²) in [5.41, 5.74) is 0.538. The van der Waals surface area contributed by atoms with Crippen LogP contribution in [-0.2, 0) is 14.8 Å². The van der Waals surface area contributed by atoms with Crippen molar-refractivity contribution < 1.29 is 17.6 Å². The Labute approximate surface area is 163 Å². The molecule has 1 saturated heterocycles. The van der Waals surface area contributed by atoms with Crippen molar-refractivity contribution in [2.45, 2.75) is 29.1 Å². The first-order valence-electron chi connectivity index (χ1n) is 8.74. The van der Waals surface area contributed by atoms with E-state index < -0.39 is 10.0 Å². The molecule has 1 aliphatic rings. The van der Waals surface area contributed by atoms with Crippen LogP contribution in [0, 0.1) is 5.82 Å². The molecule has 0 atom stereocenters. The fourth-order valence-electron chi connectivity index (χ4n) is 2.83. The predicted octanol–water partition coefficient (Wildman–Crippen LogP) is 3.73. The van der Waals surface area contributed by atoms with Crippen LogP contribution < -0.4 is 5.32 Å². The molecule has 2 aromatic rings. The Bertz CT molecular complexity index is 895. The summed E-state index contributed by atoms with van der Waals surface area (Å²) in [5, 5.41) is 2.74. The van der Waals surface area contributed by atoms with Gasteiger partial charge in [0.25, 0.3) is 0 Å². The van der Waals surface area contributed by atoms with Gasteiger partial charge in [0.2, 0.25) is 15.9 Å². The largest absolute Gasteiger partial charge is 0.326 e. The maximum absolute atomic E-state index is 13.5. The van der Waals surface area contributed by atoms with E-state index in [4.69, 9.17) is 0 Å². The SMILES string of the molecule is O=C(CCSc1ccccc1F)Nc1ccc(S(=O)(=O)N2CCCC2)cc1. The quantitative estimate of drug-likeness (QED) is 0.709. The molecule has 0 aliphatic carbocycles. The van der Waals surface area contributed by atoms with Crippen molar-refractivity contribution in [3.63, 3.8) is 0 Å². The van der Waals surface area contributed by atoms with Gasteiger partial charge in [0.15, 0.2) is 0 Å². The van der Waals surface area contributed by atoms with Gasteiger partial charge >= 0.3 is 0 Å². The van der Waals surface area contributed by atoms with Crippen LogP contribution in [-0.4, -0.2) is 37.5 Å². The molecular formula is C19H21FN2O3S2. The Morgan fingerprint density at radius 3 is 2.41 bits per heavy atom. The van der Waals surface area contributed by atoms with Crippen LogP contribution in [0.1, 0.15) is 19.3 Å². The zero-order valence-electron chi connectivity index (χ0n) is 14.7. The maximum Gasteiger partial charge on any atom is 0.243 e. The molecule has 0 bridgehead atoms. The van der Waals surface area contributed by atoms with Gasteiger partial charge in [-0.2, -0.15) is 4.31 Å². The highest BCUT2D eigenvalue weighted by Crippen LogP contribution is 2.23. The van der Waals surface area contributed by atoms with E-state index in [0.717, 1.165) is 12.8 Å². The second-order valence-corrected chi connectivity index (χ2v) is 9.29. The van der Waals surface area contributed by atoms with Crippen molar-refractivity contribution in [2.24, 2.45) is 0 Å². The van der Waals surface area contributed by atoms with Crippen LogP contribution in [0.5, 0.6) is 0 Å². The normalized spacial score (nSPS) is 15.0. The van der Waals surface area contributed by atoms with Gasteiger partial charge < -0.3 is 5.32 Å². The van der Waals surface area contributed by atoms with E-state index >= 15 is 0 Å². The van der Waals surface area contributed by atoms with E-state index in [-0.39, 0.29) is 23.0 Å². The number of benzene rings is 2. The summed E-state index contributed by atoms with van der Waals surface area (Å²) >= 11 is 1.29. The molecule has 0 radical (unpaired) electrons. The molecule has 0 saturated carbocycles. The van der Waals surface area contributed by atoms with Gasteiger partial charge in [0.1, 0.15) is 5.82 Å². The standard InChI is InChI=1S/C19H21FN2O3S2/c20-17-5-1-2-6-18(17)26-14-11-19(23)21-15-7-9-16(10-8-15)27(24,25)22-12-3-4-13-22/h1-2,5-10H,3-4,11-14H2,(H,21,23). The number of thioether (sulfide) groups is 1. The van der Waals surface area contributed by atoms with Crippen LogP contribution in [0.15, 0.2) is 58.3 Å². The van der Waals surface area contributed by atoms with Crippen LogP contribution in [0.25, 0.3) is 0 Å². The number of nitrogens with zero attached hydrogens (tertiary/aromatic N) is 1. The number of carbonyl (C=O) groups excluding carboxylic acids is 1. The summed E-state index contributed by atoms with van der Waals surface area (Å²) < 4.78 is 40.0. The van der Waals surface area contributed by atoms with Crippen molar-refractivity contribution >= 4 is 33.4 Å². The second-order valence-electron chi connectivity index (χ2n) is 6.21. The fraction of sp³-hybridized carbons (Fsp3) is 0.316. The van der Waals surface area contributed by atoms with Gasteiger partial charge in [-0.25, -0.2) is 12.8 Å². The van der Waals surface area contributed by atoms with Crippen molar-refractivity contribution in [1.82, 2.24) is 4.31 Å². The summed E-state index contributed by atoms with van der Waals surface area (Å²) in [6.07, 6.45) is 2.00. The molecule has 1 aliphatic heterocycles. The Balaban J connectivity index is 1.52. The van der Waals surface area contributed by atoms with E-state index in [1.54, 1.807) is 30.3 Å². The number of carbonyl (C=O) groups is 1. The number of amides is 1. The Morgan fingerprint density at radius 2 is 1.74 bits per heavy atom. The number of nitrogens with one attached hydrogen (secondary N) is 1. The topological polar surface area (TPSA) is 66.5 Å². The zero-order valence-corrected chi connectivity index (χ0v) is 16.4. The molecule has 0 aromatic heterocycles. The van der Waals surface area contributed by atoms with Crippen molar-refractivity contribution in [1.29, 1.82) is 0 Å². The average molecular weight is 409 g/mol. The molecule has 144 valence electrons. The third kappa shape index (κ3) is 5.09. The first-order chi connectivity index (χ1) is 13.0. The van der Waals surface area contributed by atoms with Crippen molar-refractivity contribution in [3.05, 3.63) is 54.3 Å². The lowest BCUT2D eigenvalue weighted by Crippen LogP contribution is -2.27. The lowest BCUT2D eigenvalue weighted by molar-refractivity contribution is -0.115. The molecule has 8 heteroatoms. The highest BCUT2D eigenvalue weighted by Gasteiger charge is 2.26. The van der Waals surface area contributed by atoms with Gasteiger partial charge in [0, 0.05) is 35.8 Å². The zero-order chi connectivity index (χ0) is 19.3. The molecule has 27 heavy (non-hydrogen) atoms. The monoisotopic (exact) mass is 408 g/mol. The van der Waals surface area contributed by atoms with Crippen LogP contribution in [0.4, 0.5) is 10.1 Å². The first kappa shape index (κ1) is 19.9. The minimum absolute atomic E-state index is 0.200. The molecule has 3 rings (SSSR count). The molecule has 0 unspecified atom stereocenters. The third-order valence-electron chi connectivity index (χ3n) is 4.26. The highest BCUT2D eigenvalue weighted by molar-refractivity contribution is 7.99.